The van der Waals surface area contributed by atoms with Gasteiger partial charge in [-0.3, -0.25) is 0 Å². The highest BCUT2D eigenvalue weighted by Crippen LogP contribution is 2.48. The van der Waals surface area contributed by atoms with Crippen LogP contribution in [0.1, 0.15) is 54.9 Å². The van der Waals surface area contributed by atoms with Crippen molar-refractivity contribution in [2.45, 2.75) is 135 Å². The highest BCUT2D eigenvalue weighted by Gasteiger charge is 2.56. The number of hydrogen-bond acceptors (Lipinski definition) is 3. The van der Waals surface area contributed by atoms with Crippen molar-refractivity contribution in [3.8, 4) is 0 Å². The van der Waals surface area contributed by atoms with Crippen LogP contribution in [0.25, 0.3) is 0 Å². The summed E-state index contributed by atoms with van der Waals surface area (Å²) < 4.78 is 21.4. The highest BCUT2D eigenvalue weighted by molar-refractivity contribution is 6.89. The van der Waals surface area contributed by atoms with Crippen LogP contribution in [-0.4, -0.2) is 49.6 Å². The lowest BCUT2D eigenvalue weighted by molar-refractivity contribution is 0.0766. The maximum absolute atomic E-state index is 7.44. The maximum Gasteiger partial charge on any atom is 0.251 e. The number of rotatable bonds is 12. The number of benzene rings is 1. The van der Waals surface area contributed by atoms with Crippen LogP contribution in [0.3, 0.4) is 0 Å². The molecule has 0 aromatic heterocycles. The molecule has 0 radical (unpaired) electrons. The van der Waals surface area contributed by atoms with Crippen molar-refractivity contribution in [1.29, 1.82) is 0 Å². The van der Waals surface area contributed by atoms with Gasteiger partial charge in [-0.05, 0) is 78.6 Å². The van der Waals surface area contributed by atoms with Crippen molar-refractivity contribution in [2.24, 2.45) is 0 Å². The van der Waals surface area contributed by atoms with Crippen molar-refractivity contribution in [3.05, 3.63) is 30.3 Å². The number of hydrogen-bond donors (Lipinski definition) is 0. The molecule has 0 heterocycles. The molecule has 0 amide bonds. The van der Waals surface area contributed by atoms with Gasteiger partial charge in [-0.2, -0.15) is 0 Å². The van der Waals surface area contributed by atoms with Crippen molar-refractivity contribution in [3.63, 3.8) is 0 Å². The van der Waals surface area contributed by atoms with Crippen LogP contribution in [0.2, 0.25) is 64.0 Å². The molecule has 0 N–H and O–H groups in total. The maximum atomic E-state index is 7.44. The van der Waals surface area contributed by atoms with Crippen LogP contribution < -0.4 is 5.19 Å². The highest BCUT2D eigenvalue weighted by atomic mass is 28.4. The van der Waals surface area contributed by atoms with Crippen LogP contribution in [-0.2, 0) is 13.3 Å². The summed E-state index contributed by atoms with van der Waals surface area (Å²) in [6, 6.07) is 10.9. The van der Waals surface area contributed by atoms with E-state index < -0.39 is 33.0 Å². The van der Waals surface area contributed by atoms with Crippen molar-refractivity contribution < 1.29 is 13.3 Å². The monoisotopic (exact) mass is 540 g/mol. The zero-order valence-electron chi connectivity index (χ0n) is 25.4. The Hall–Kier alpha value is -0.0325. The Balaban J connectivity index is 3.53. The lowest BCUT2D eigenvalue weighted by Gasteiger charge is -2.54. The molecule has 3 nitrogen and oxygen atoms in total. The molecule has 0 aliphatic heterocycles. The summed E-state index contributed by atoms with van der Waals surface area (Å²) in [5.74, 6) is 0. The largest absolute Gasteiger partial charge is 0.415 e. The van der Waals surface area contributed by atoms with Crippen molar-refractivity contribution in [2.75, 3.05) is 0 Å². The molecule has 0 fully saturated rings. The van der Waals surface area contributed by atoms with Gasteiger partial charge in [0.15, 0.2) is 16.6 Å². The normalized spacial score (nSPS) is 17.4. The lowest BCUT2D eigenvalue weighted by atomic mass is 10.0. The third kappa shape index (κ3) is 7.04. The Kier molecular flexibility index (Phi) is 9.77. The fourth-order valence-electron chi connectivity index (χ4n) is 4.51. The predicted molar refractivity (Wildman–Crippen MR) is 161 cm³/mol. The van der Waals surface area contributed by atoms with E-state index in [-0.39, 0.29) is 21.6 Å². The summed E-state index contributed by atoms with van der Waals surface area (Å²) in [5.41, 5.74) is 0. The summed E-state index contributed by atoms with van der Waals surface area (Å²) in [5, 5.41) is 0.789. The molecule has 0 aliphatic rings. The minimum Gasteiger partial charge on any atom is -0.415 e. The zero-order chi connectivity index (χ0) is 27.0. The third-order valence-electron chi connectivity index (χ3n) is 8.46. The quantitative estimate of drug-likeness (QED) is 0.251. The molecule has 7 heteroatoms. The van der Waals surface area contributed by atoms with Gasteiger partial charge in [-0.25, -0.2) is 0 Å². The predicted octanol–water partition coefficient (Wildman–Crippen LogP) is 8.09. The SMILES string of the molecule is CCC(O[Si](C)(c1ccccc1)C(C)(C)O[Si](C)(C)C)C(C)(C)[Si](C)(C)OC(C)(C)[Si](C)(C)C. The van der Waals surface area contributed by atoms with Gasteiger partial charge >= 0.3 is 0 Å². The van der Waals surface area contributed by atoms with Crippen LogP contribution in [0.5, 0.6) is 0 Å². The van der Waals surface area contributed by atoms with E-state index in [0.717, 1.165) is 6.42 Å². The molecule has 198 valence electrons. The second-order valence-electron chi connectivity index (χ2n) is 14.2. The van der Waals surface area contributed by atoms with E-state index in [1.807, 2.05) is 0 Å². The fourth-order valence-corrected chi connectivity index (χ4v) is 15.4. The molecule has 1 aromatic carbocycles. The first-order chi connectivity index (χ1) is 14.9. The van der Waals surface area contributed by atoms with E-state index >= 15 is 0 Å². The van der Waals surface area contributed by atoms with Crippen molar-refractivity contribution >= 4 is 38.2 Å². The van der Waals surface area contributed by atoms with E-state index in [2.05, 4.69) is 138 Å². The van der Waals surface area contributed by atoms with Crippen LogP contribution in [0.15, 0.2) is 30.3 Å². The smallest absolute Gasteiger partial charge is 0.251 e. The third-order valence-corrected chi connectivity index (χ3v) is 22.7. The fraction of sp³-hybridized carbons (Fsp3) is 0.778. The van der Waals surface area contributed by atoms with Gasteiger partial charge in [0.1, 0.15) is 0 Å². The van der Waals surface area contributed by atoms with Crippen LogP contribution in [0.4, 0.5) is 0 Å². The molecule has 2 atom stereocenters. The molecule has 1 rings (SSSR count). The second kappa shape index (κ2) is 10.4. The molecule has 2 unspecified atom stereocenters. The Bertz CT molecular complexity index is 792. The molecule has 0 bridgehead atoms. The standard InChI is InChI=1S/C27H56O3Si4/c1-17-24(25(2,3)33(14,15)30-26(4,5)31(8,9)10)28-34(16,23-21-19-18-20-22-23)27(6,7)29-32(11,12)13/h18-22,24H,17H2,1-16H3. The topological polar surface area (TPSA) is 27.7 Å². The molecular formula is C27H56O3Si4. The van der Waals surface area contributed by atoms with Gasteiger partial charge in [0.2, 0.25) is 0 Å². The molecule has 0 saturated carbocycles. The first-order valence-corrected chi connectivity index (χ1v) is 25.3. The van der Waals surface area contributed by atoms with E-state index in [1.54, 1.807) is 0 Å². The average molecular weight is 541 g/mol. The summed E-state index contributed by atoms with van der Waals surface area (Å²) >= 11 is 0. The summed E-state index contributed by atoms with van der Waals surface area (Å²) in [6.07, 6.45) is 1.05. The van der Waals surface area contributed by atoms with Crippen molar-refractivity contribution in [1.82, 2.24) is 0 Å². The van der Waals surface area contributed by atoms with Gasteiger partial charge in [0, 0.05) is 10.3 Å². The molecular weight excluding hydrogens is 485 g/mol. The lowest BCUT2D eigenvalue weighted by Crippen LogP contribution is -2.69. The van der Waals surface area contributed by atoms with Crippen LogP contribution in [0, 0.1) is 0 Å². The molecule has 34 heavy (non-hydrogen) atoms. The van der Waals surface area contributed by atoms with E-state index in [1.165, 1.54) is 5.19 Å². The Morgan fingerprint density at radius 2 is 1.18 bits per heavy atom. The van der Waals surface area contributed by atoms with Gasteiger partial charge in [0.05, 0.1) is 19.4 Å². The van der Waals surface area contributed by atoms with E-state index in [9.17, 15) is 0 Å². The van der Waals surface area contributed by atoms with Gasteiger partial charge in [0.25, 0.3) is 8.32 Å². The second-order valence-corrected chi connectivity index (χ2v) is 33.0. The average Bonchev–Trinajstić information content (AvgIpc) is 2.62. The van der Waals surface area contributed by atoms with E-state index in [0.29, 0.717) is 0 Å². The summed E-state index contributed by atoms with van der Waals surface area (Å²) in [7, 11) is -8.01. The molecule has 0 aliphatic carbocycles. The van der Waals surface area contributed by atoms with Crippen LogP contribution >= 0.6 is 0 Å². The van der Waals surface area contributed by atoms with Gasteiger partial charge in [-0.1, -0.05) is 70.7 Å². The Morgan fingerprint density at radius 1 is 0.706 bits per heavy atom. The first-order valence-electron chi connectivity index (χ1n) is 13.1. The summed E-state index contributed by atoms with van der Waals surface area (Å²) in [6.45, 7) is 37.4. The Labute approximate surface area is 216 Å². The minimum absolute atomic E-state index is 0.0725. The molecule has 1 aromatic rings. The Morgan fingerprint density at radius 3 is 1.56 bits per heavy atom. The van der Waals surface area contributed by atoms with E-state index in [4.69, 9.17) is 13.3 Å². The first kappa shape index (κ1) is 32.0. The summed E-state index contributed by atoms with van der Waals surface area (Å²) in [4.78, 5) is 0. The molecule has 0 spiro atoms. The minimum atomic E-state index is -2.54. The molecule has 0 saturated heterocycles. The van der Waals surface area contributed by atoms with Gasteiger partial charge < -0.3 is 13.3 Å². The zero-order valence-corrected chi connectivity index (χ0v) is 29.4. The van der Waals surface area contributed by atoms with Gasteiger partial charge in [-0.15, -0.1) is 0 Å².